The molecule has 0 saturated carbocycles. The molecule has 7 nitrogen and oxygen atoms in total. The minimum atomic E-state index is -0.300. The molecule has 0 aromatic carbocycles. The van der Waals surface area contributed by atoms with Crippen LogP contribution in [-0.2, 0) is 6.54 Å². The van der Waals surface area contributed by atoms with E-state index in [0.29, 0.717) is 15.8 Å². The van der Waals surface area contributed by atoms with Crippen molar-refractivity contribution in [1.29, 1.82) is 0 Å². The summed E-state index contributed by atoms with van der Waals surface area (Å²) >= 11 is 3.38. The molecule has 8 heteroatoms. The van der Waals surface area contributed by atoms with Crippen molar-refractivity contribution < 1.29 is 4.79 Å². The van der Waals surface area contributed by atoms with Crippen LogP contribution in [0, 0.1) is 6.92 Å². The highest BCUT2D eigenvalue weighted by atomic mass is 79.9. The number of hydrogen-bond donors (Lipinski definition) is 1. The number of aromatic nitrogens is 5. The average molecular weight is 349 g/mol. The van der Waals surface area contributed by atoms with Crippen LogP contribution in [0.2, 0.25) is 0 Å². The van der Waals surface area contributed by atoms with Crippen LogP contribution in [0.1, 0.15) is 23.1 Å². The molecule has 21 heavy (non-hydrogen) atoms. The zero-order valence-corrected chi connectivity index (χ0v) is 13.1. The zero-order valence-electron chi connectivity index (χ0n) is 11.5. The Morgan fingerprint density at radius 1 is 1.48 bits per heavy atom. The Hall–Kier alpha value is -2.22. The van der Waals surface area contributed by atoms with Gasteiger partial charge in [-0.1, -0.05) is 0 Å². The molecule has 0 aliphatic carbocycles. The van der Waals surface area contributed by atoms with Gasteiger partial charge in [-0.2, -0.15) is 10.2 Å². The Morgan fingerprint density at radius 3 is 2.95 bits per heavy atom. The SMILES string of the molecule is CCn1ncc(NC(=O)c2nn3cccnc3c2Br)c1C. The molecule has 1 amide bonds. The standard InChI is InChI=1S/C13H13BrN6O/c1-3-19-8(2)9(7-16-19)17-13(21)11-10(14)12-15-5-4-6-20(12)18-11/h4-7H,3H2,1-2H3,(H,17,21). The van der Waals surface area contributed by atoms with Crippen molar-refractivity contribution in [3.8, 4) is 0 Å². The van der Waals surface area contributed by atoms with E-state index < -0.39 is 0 Å². The smallest absolute Gasteiger partial charge is 0.277 e. The number of carbonyl (C=O) groups excluding carboxylic acids is 1. The van der Waals surface area contributed by atoms with Gasteiger partial charge < -0.3 is 5.32 Å². The van der Waals surface area contributed by atoms with Gasteiger partial charge in [0.05, 0.1) is 22.1 Å². The van der Waals surface area contributed by atoms with Gasteiger partial charge in [0, 0.05) is 18.9 Å². The minimum absolute atomic E-state index is 0.289. The summed E-state index contributed by atoms with van der Waals surface area (Å²) in [6.07, 6.45) is 5.03. The van der Waals surface area contributed by atoms with Gasteiger partial charge in [-0.3, -0.25) is 9.48 Å². The van der Waals surface area contributed by atoms with Gasteiger partial charge in [-0.15, -0.1) is 0 Å². The highest BCUT2D eigenvalue weighted by Gasteiger charge is 2.19. The van der Waals surface area contributed by atoms with Crippen molar-refractivity contribution in [2.24, 2.45) is 0 Å². The summed E-state index contributed by atoms with van der Waals surface area (Å²) in [4.78, 5) is 16.6. The number of hydrogen-bond acceptors (Lipinski definition) is 4. The maximum atomic E-state index is 12.4. The van der Waals surface area contributed by atoms with E-state index in [0.717, 1.165) is 12.2 Å². The van der Waals surface area contributed by atoms with E-state index in [1.165, 1.54) is 0 Å². The van der Waals surface area contributed by atoms with Gasteiger partial charge in [-0.25, -0.2) is 9.50 Å². The predicted molar refractivity (Wildman–Crippen MR) is 81.3 cm³/mol. The van der Waals surface area contributed by atoms with Crippen molar-refractivity contribution >= 4 is 33.2 Å². The largest absolute Gasteiger partial charge is 0.318 e. The second-order valence-electron chi connectivity index (χ2n) is 4.46. The molecule has 0 radical (unpaired) electrons. The first-order valence-corrected chi connectivity index (χ1v) is 7.23. The lowest BCUT2D eigenvalue weighted by atomic mass is 10.3. The monoisotopic (exact) mass is 348 g/mol. The summed E-state index contributed by atoms with van der Waals surface area (Å²) in [7, 11) is 0. The van der Waals surface area contributed by atoms with Crippen molar-refractivity contribution in [3.63, 3.8) is 0 Å². The molecule has 1 N–H and O–H groups in total. The Kier molecular flexibility index (Phi) is 3.46. The number of aryl methyl sites for hydroxylation is 1. The number of nitrogens with zero attached hydrogens (tertiary/aromatic N) is 5. The zero-order chi connectivity index (χ0) is 15.0. The molecule has 108 valence electrons. The van der Waals surface area contributed by atoms with Crippen LogP contribution in [0.15, 0.2) is 29.1 Å². The molecule has 3 aromatic heterocycles. The van der Waals surface area contributed by atoms with Gasteiger partial charge in [0.2, 0.25) is 0 Å². The molecule has 0 spiro atoms. The van der Waals surface area contributed by atoms with Crippen LogP contribution in [0.3, 0.4) is 0 Å². The molecule has 0 bridgehead atoms. The summed E-state index contributed by atoms with van der Waals surface area (Å²) in [6.45, 7) is 4.66. The Bertz CT molecular complexity index is 821. The molecule has 0 atom stereocenters. The average Bonchev–Trinajstić information content (AvgIpc) is 3.01. The number of anilines is 1. The van der Waals surface area contributed by atoms with Gasteiger partial charge in [0.15, 0.2) is 11.3 Å². The fourth-order valence-electron chi connectivity index (χ4n) is 2.07. The number of halogens is 1. The van der Waals surface area contributed by atoms with E-state index in [-0.39, 0.29) is 11.6 Å². The Balaban J connectivity index is 1.93. The van der Waals surface area contributed by atoms with Crippen molar-refractivity contribution in [2.45, 2.75) is 20.4 Å². The van der Waals surface area contributed by atoms with Crippen molar-refractivity contribution in [3.05, 3.63) is 40.5 Å². The lowest BCUT2D eigenvalue weighted by Gasteiger charge is -2.03. The number of rotatable bonds is 3. The minimum Gasteiger partial charge on any atom is -0.318 e. The lowest BCUT2D eigenvalue weighted by molar-refractivity contribution is 0.102. The molecule has 3 rings (SSSR count). The second kappa shape index (κ2) is 5.28. The van der Waals surface area contributed by atoms with Crippen LogP contribution in [0.25, 0.3) is 5.65 Å². The van der Waals surface area contributed by atoms with Gasteiger partial charge in [0.25, 0.3) is 5.91 Å². The van der Waals surface area contributed by atoms with E-state index >= 15 is 0 Å². The number of carbonyl (C=O) groups is 1. The molecule has 3 heterocycles. The second-order valence-corrected chi connectivity index (χ2v) is 5.26. The Morgan fingerprint density at radius 2 is 2.29 bits per heavy atom. The molecule has 0 saturated heterocycles. The van der Waals surface area contributed by atoms with Gasteiger partial charge >= 0.3 is 0 Å². The van der Waals surface area contributed by atoms with Crippen LogP contribution in [0.4, 0.5) is 5.69 Å². The van der Waals surface area contributed by atoms with E-state index in [1.807, 2.05) is 18.5 Å². The fraction of sp³-hybridized carbons (Fsp3) is 0.231. The van der Waals surface area contributed by atoms with Crippen LogP contribution < -0.4 is 5.32 Å². The topological polar surface area (TPSA) is 77.1 Å². The van der Waals surface area contributed by atoms with Gasteiger partial charge in [0.1, 0.15) is 0 Å². The lowest BCUT2D eigenvalue weighted by Crippen LogP contribution is -2.14. The molecule has 0 unspecified atom stereocenters. The third-order valence-electron chi connectivity index (χ3n) is 3.21. The Labute approximate surface area is 129 Å². The molecule has 0 fully saturated rings. The summed E-state index contributed by atoms with van der Waals surface area (Å²) in [6, 6.07) is 1.75. The first-order chi connectivity index (χ1) is 10.1. The number of amides is 1. The van der Waals surface area contributed by atoms with Crippen molar-refractivity contribution in [2.75, 3.05) is 5.32 Å². The highest BCUT2D eigenvalue weighted by molar-refractivity contribution is 9.10. The summed E-state index contributed by atoms with van der Waals surface area (Å²) in [5.74, 6) is -0.300. The summed E-state index contributed by atoms with van der Waals surface area (Å²) < 4.78 is 3.94. The summed E-state index contributed by atoms with van der Waals surface area (Å²) in [5.41, 5.74) is 2.48. The fourth-order valence-corrected chi connectivity index (χ4v) is 2.62. The van der Waals surface area contributed by atoms with Gasteiger partial charge in [-0.05, 0) is 35.8 Å². The first kappa shape index (κ1) is 13.7. The maximum absolute atomic E-state index is 12.4. The van der Waals surface area contributed by atoms with Crippen molar-refractivity contribution in [1.82, 2.24) is 24.4 Å². The van der Waals surface area contributed by atoms with Crippen LogP contribution in [0.5, 0.6) is 0 Å². The number of nitrogens with one attached hydrogen (secondary N) is 1. The number of fused-ring (bicyclic) bond motifs is 1. The molecule has 0 aliphatic rings. The summed E-state index contributed by atoms with van der Waals surface area (Å²) in [5, 5.41) is 11.3. The third-order valence-corrected chi connectivity index (χ3v) is 3.94. The van der Waals surface area contributed by atoms with E-state index in [9.17, 15) is 4.79 Å². The highest BCUT2D eigenvalue weighted by Crippen LogP contribution is 2.22. The first-order valence-electron chi connectivity index (χ1n) is 6.44. The van der Waals surface area contributed by atoms with E-state index in [4.69, 9.17) is 0 Å². The molecule has 3 aromatic rings. The van der Waals surface area contributed by atoms with Crippen LogP contribution >= 0.6 is 15.9 Å². The molecular weight excluding hydrogens is 336 g/mol. The molecular formula is C13H13BrN6O. The molecule has 0 aliphatic heterocycles. The van der Waals surface area contributed by atoms with E-state index in [2.05, 4.69) is 36.4 Å². The quantitative estimate of drug-likeness (QED) is 0.787. The normalized spacial score (nSPS) is 11.0. The maximum Gasteiger partial charge on any atom is 0.277 e. The van der Waals surface area contributed by atoms with Crippen LogP contribution in [-0.4, -0.2) is 30.3 Å². The third kappa shape index (κ3) is 2.31. The predicted octanol–water partition coefficient (Wildman–Crippen LogP) is 2.27. The van der Waals surface area contributed by atoms with E-state index in [1.54, 1.807) is 29.2 Å².